The van der Waals surface area contributed by atoms with Gasteiger partial charge in [-0.2, -0.15) is 0 Å². The Morgan fingerprint density at radius 2 is 1.96 bits per heavy atom. The third-order valence-electron chi connectivity index (χ3n) is 5.17. The van der Waals surface area contributed by atoms with E-state index in [1.54, 1.807) is 16.7 Å². The van der Waals surface area contributed by atoms with Crippen LogP contribution in [0.3, 0.4) is 0 Å². The Bertz CT molecular complexity index is 822. The van der Waals surface area contributed by atoms with E-state index in [1.165, 1.54) is 6.07 Å². The zero-order valence-electron chi connectivity index (χ0n) is 16.2. The van der Waals surface area contributed by atoms with Gasteiger partial charge in [-0.05, 0) is 45.4 Å². The van der Waals surface area contributed by atoms with Crippen LogP contribution in [0.2, 0.25) is 0 Å². The minimum absolute atomic E-state index is 0.0688. The fourth-order valence-electron chi connectivity index (χ4n) is 4.16. The quantitative estimate of drug-likeness (QED) is 0.860. The van der Waals surface area contributed by atoms with E-state index in [-0.39, 0.29) is 17.4 Å². The summed E-state index contributed by atoms with van der Waals surface area (Å²) < 4.78 is 1.78. The van der Waals surface area contributed by atoms with Crippen LogP contribution >= 0.6 is 0 Å². The zero-order chi connectivity index (χ0) is 18.8. The topological polar surface area (TPSA) is 70.4 Å². The molecule has 26 heavy (non-hydrogen) atoms. The lowest BCUT2D eigenvalue weighted by molar-refractivity contribution is 0.109. The highest BCUT2D eigenvalue weighted by molar-refractivity contribution is 5.79. The number of fused-ring (bicyclic) bond motifs is 1. The van der Waals surface area contributed by atoms with Crippen LogP contribution in [0.15, 0.2) is 23.0 Å². The molecule has 0 spiro atoms. The van der Waals surface area contributed by atoms with Gasteiger partial charge in [0.15, 0.2) is 0 Å². The lowest BCUT2D eigenvalue weighted by Crippen LogP contribution is -2.55. The number of hydrogen-bond donors (Lipinski definition) is 2. The third-order valence-corrected chi connectivity index (χ3v) is 5.17. The molecule has 0 bridgehead atoms. The molecule has 0 aliphatic carbocycles. The van der Waals surface area contributed by atoms with E-state index in [0.717, 1.165) is 31.8 Å². The van der Waals surface area contributed by atoms with Crippen molar-refractivity contribution in [3.63, 3.8) is 0 Å². The molecule has 1 aromatic carbocycles. The van der Waals surface area contributed by atoms with Crippen LogP contribution in [0.25, 0.3) is 10.9 Å². The lowest BCUT2D eigenvalue weighted by Gasteiger charge is -2.41. The van der Waals surface area contributed by atoms with E-state index in [2.05, 4.69) is 31.0 Å². The van der Waals surface area contributed by atoms with E-state index >= 15 is 0 Å². The van der Waals surface area contributed by atoms with E-state index in [0.29, 0.717) is 29.5 Å². The second kappa shape index (κ2) is 7.76. The fourth-order valence-corrected chi connectivity index (χ4v) is 4.16. The second-order valence-corrected chi connectivity index (χ2v) is 7.45. The molecule has 2 N–H and O–H groups in total. The van der Waals surface area contributed by atoms with Crippen molar-refractivity contribution in [2.24, 2.45) is 0 Å². The highest BCUT2D eigenvalue weighted by atomic mass is 16.3. The van der Waals surface area contributed by atoms with Crippen molar-refractivity contribution in [2.75, 3.05) is 13.1 Å². The Morgan fingerprint density at radius 3 is 2.58 bits per heavy atom. The molecule has 2 heterocycles. The second-order valence-electron chi connectivity index (χ2n) is 7.45. The van der Waals surface area contributed by atoms with Crippen LogP contribution in [0.4, 0.5) is 0 Å². The summed E-state index contributed by atoms with van der Waals surface area (Å²) in [6.07, 6.45) is 2.00. The van der Waals surface area contributed by atoms with Gasteiger partial charge in [0.05, 0.1) is 16.9 Å². The van der Waals surface area contributed by atoms with Crippen molar-refractivity contribution >= 4 is 10.9 Å². The van der Waals surface area contributed by atoms with E-state index in [4.69, 9.17) is 4.98 Å². The molecule has 0 radical (unpaired) electrons. The highest BCUT2D eigenvalue weighted by Crippen LogP contribution is 2.27. The first-order chi connectivity index (χ1) is 12.4. The number of nitrogens with one attached hydrogen (secondary N) is 1. The summed E-state index contributed by atoms with van der Waals surface area (Å²) in [7, 11) is 0. The number of benzene rings is 1. The Labute approximate surface area is 154 Å². The molecule has 1 aliphatic rings. The molecule has 1 aromatic heterocycles. The van der Waals surface area contributed by atoms with Crippen LogP contribution in [0.1, 0.15) is 52.4 Å². The van der Waals surface area contributed by atoms with Gasteiger partial charge in [-0.15, -0.1) is 0 Å². The van der Waals surface area contributed by atoms with Gasteiger partial charge < -0.3 is 10.4 Å². The van der Waals surface area contributed by atoms with Crippen LogP contribution < -0.4 is 10.9 Å². The molecule has 0 saturated carbocycles. The van der Waals surface area contributed by atoms with Crippen LogP contribution in [-0.4, -0.2) is 44.7 Å². The number of aromatic hydroxyl groups is 1. The molecule has 0 amide bonds. The van der Waals surface area contributed by atoms with Gasteiger partial charge >= 0.3 is 0 Å². The molecule has 142 valence electrons. The van der Waals surface area contributed by atoms with Gasteiger partial charge in [-0.3, -0.25) is 14.3 Å². The van der Waals surface area contributed by atoms with Crippen molar-refractivity contribution in [1.82, 2.24) is 19.8 Å². The summed E-state index contributed by atoms with van der Waals surface area (Å²) in [5.74, 6) is 0.945. The van der Waals surface area contributed by atoms with Crippen molar-refractivity contribution in [1.29, 1.82) is 0 Å². The molecule has 6 heteroatoms. The first kappa shape index (κ1) is 18.9. The van der Waals surface area contributed by atoms with Gasteiger partial charge in [0.1, 0.15) is 11.6 Å². The number of nitrogens with zero attached hydrogens (tertiary/aromatic N) is 3. The predicted molar refractivity (Wildman–Crippen MR) is 105 cm³/mol. The molecule has 0 unspecified atom stereocenters. The van der Waals surface area contributed by atoms with Crippen LogP contribution in [0, 0.1) is 0 Å². The predicted octanol–water partition coefficient (Wildman–Crippen LogP) is 2.65. The molecule has 3 rings (SSSR count). The van der Waals surface area contributed by atoms with Gasteiger partial charge in [0.2, 0.25) is 0 Å². The largest absolute Gasteiger partial charge is 0.508 e. The maximum absolute atomic E-state index is 13.0. The van der Waals surface area contributed by atoms with Crippen molar-refractivity contribution in [2.45, 2.75) is 65.2 Å². The molecular weight excluding hydrogens is 328 g/mol. The lowest BCUT2D eigenvalue weighted by atomic mass is 10.0. The smallest absolute Gasteiger partial charge is 0.261 e. The van der Waals surface area contributed by atoms with Gasteiger partial charge in [-0.25, -0.2) is 4.98 Å². The minimum atomic E-state index is -0.0688. The number of phenols is 1. The fraction of sp³-hybridized carbons (Fsp3) is 0.600. The summed E-state index contributed by atoms with van der Waals surface area (Å²) in [5.41, 5.74) is 0.588. The molecule has 1 saturated heterocycles. The maximum atomic E-state index is 13.0. The molecule has 1 fully saturated rings. The van der Waals surface area contributed by atoms with E-state index in [9.17, 15) is 9.90 Å². The highest BCUT2D eigenvalue weighted by Gasteiger charge is 2.30. The normalized spacial score (nSPS) is 22.6. The Morgan fingerprint density at radius 1 is 1.27 bits per heavy atom. The standard InChI is InChI=1S/C20H30N4O2/c1-5-7-18(23-11-13(3)21-14(4)12-23)19-22-17-9-8-15(25)10-16(17)20(26)24(19)6-2/h8-10,13-14,18,21,25H,5-7,11-12H2,1-4H3/t13-,14+,18-/m0/s1. The summed E-state index contributed by atoms with van der Waals surface area (Å²) in [6.45, 7) is 11.0. The van der Waals surface area contributed by atoms with Crippen molar-refractivity contribution in [3.05, 3.63) is 34.4 Å². The number of aromatic nitrogens is 2. The Balaban J connectivity index is 2.13. The number of rotatable bonds is 5. The minimum Gasteiger partial charge on any atom is -0.508 e. The summed E-state index contributed by atoms with van der Waals surface area (Å²) in [4.78, 5) is 20.4. The summed E-state index contributed by atoms with van der Waals surface area (Å²) >= 11 is 0. The van der Waals surface area contributed by atoms with Crippen molar-refractivity contribution in [3.8, 4) is 5.75 Å². The molecular formula is C20H30N4O2. The van der Waals surface area contributed by atoms with Crippen LogP contribution in [0.5, 0.6) is 5.75 Å². The monoisotopic (exact) mass is 358 g/mol. The average Bonchev–Trinajstić information content (AvgIpc) is 2.59. The van der Waals surface area contributed by atoms with E-state index < -0.39 is 0 Å². The van der Waals surface area contributed by atoms with Gasteiger partial charge in [0.25, 0.3) is 5.56 Å². The van der Waals surface area contributed by atoms with Gasteiger partial charge in [-0.1, -0.05) is 13.3 Å². The molecule has 3 atom stereocenters. The first-order valence-corrected chi connectivity index (χ1v) is 9.68. The maximum Gasteiger partial charge on any atom is 0.261 e. The van der Waals surface area contributed by atoms with Gasteiger partial charge in [0, 0.05) is 31.7 Å². The zero-order valence-corrected chi connectivity index (χ0v) is 16.2. The summed E-state index contributed by atoms with van der Waals surface area (Å²) in [6, 6.07) is 5.80. The number of hydrogen-bond acceptors (Lipinski definition) is 5. The Kier molecular flexibility index (Phi) is 5.63. The molecule has 6 nitrogen and oxygen atoms in total. The van der Waals surface area contributed by atoms with Crippen LogP contribution in [-0.2, 0) is 6.54 Å². The average molecular weight is 358 g/mol. The molecule has 2 aromatic rings. The SMILES string of the molecule is CCC[C@@H](c1nc2ccc(O)cc2c(=O)n1CC)N1C[C@@H](C)N[C@@H](C)C1. The summed E-state index contributed by atoms with van der Waals surface area (Å²) in [5, 5.41) is 13.8. The van der Waals surface area contributed by atoms with Crippen molar-refractivity contribution < 1.29 is 5.11 Å². The Hall–Kier alpha value is -1.92. The first-order valence-electron chi connectivity index (χ1n) is 9.68. The molecule has 1 aliphatic heterocycles. The number of piperazine rings is 1. The third kappa shape index (κ3) is 3.62. The number of phenolic OH excluding ortho intramolecular Hbond substituents is 1. The van der Waals surface area contributed by atoms with E-state index in [1.807, 2.05) is 6.92 Å².